The predicted octanol–water partition coefficient (Wildman–Crippen LogP) is 2.65. The number of likely N-dealkylation sites (tertiary alicyclic amines) is 1. The molecule has 1 saturated heterocycles. The number of guanidine groups is 1. The maximum Gasteiger partial charge on any atom is 0.191 e. The Morgan fingerprint density at radius 3 is 2.42 bits per heavy atom. The van der Waals surface area contributed by atoms with E-state index in [1.54, 1.807) is 0 Å². The van der Waals surface area contributed by atoms with Crippen LogP contribution in [0.3, 0.4) is 0 Å². The molecule has 0 aliphatic carbocycles. The molecule has 2 rings (SSSR count). The zero-order valence-corrected chi connectivity index (χ0v) is 19.2. The fourth-order valence-electron chi connectivity index (χ4n) is 3.56. The largest absolute Gasteiger partial charge is 0.356 e. The van der Waals surface area contributed by atoms with Crippen LogP contribution in [0.4, 0.5) is 0 Å². The van der Waals surface area contributed by atoms with Crippen LogP contribution in [0.2, 0.25) is 0 Å². The van der Waals surface area contributed by atoms with E-state index in [2.05, 4.69) is 45.7 Å². The minimum Gasteiger partial charge on any atom is -0.356 e. The summed E-state index contributed by atoms with van der Waals surface area (Å²) in [5.41, 5.74) is 1.25. The van der Waals surface area contributed by atoms with Gasteiger partial charge in [-0.1, -0.05) is 26.7 Å². The molecule has 2 N–H and O–H groups in total. The molecule has 1 atom stereocenters. The number of aromatic nitrogens is 2. The van der Waals surface area contributed by atoms with Crippen LogP contribution in [0.15, 0.2) is 17.4 Å². The lowest BCUT2D eigenvalue weighted by Gasteiger charge is -2.34. The summed E-state index contributed by atoms with van der Waals surface area (Å²) in [5.74, 6) is 1.53. The molecule has 1 aliphatic rings. The number of rotatable bonds is 7. The number of nitrogens with one attached hydrogen (secondary N) is 2. The van der Waals surface area contributed by atoms with Crippen LogP contribution in [0.5, 0.6) is 0 Å². The molecular formula is C19H37IN6. The maximum absolute atomic E-state index is 4.37. The van der Waals surface area contributed by atoms with Crippen molar-refractivity contribution in [2.24, 2.45) is 18.0 Å². The molecule has 0 radical (unpaired) electrons. The highest BCUT2D eigenvalue weighted by Gasteiger charge is 2.22. The van der Waals surface area contributed by atoms with Crippen molar-refractivity contribution in [3.8, 4) is 0 Å². The number of hydrogen-bond donors (Lipinski definition) is 2. The average molecular weight is 476 g/mol. The van der Waals surface area contributed by atoms with Gasteiger partial charge in [0.25, 0.3) is 0 Å². The molecule has 1 aromatic heterocycles. The zero-order chi connectivity index (χ0) is 18.1. The van der Waals surface area contributed by atoms with Crippen LogP contribution >= 0.6 is 24.0 Å². The van der Waals surface area contributed by atoms with Gasteiger partial charge in [-0.25, -0.2) is 0 Å². The Labute approximate surface area is 176 Å². The number of hydrogen-bond acceptors (Lipinski definition) is 3. The lowest BCUT2D eigenvalue weighted by molar-refractivity contribution is 0.161. The number of aliphatic imine (C=N–C) groups is 1. The van der Waals surface area contributed by atoms with Crippen LogP contribution in [0.1, 0.15) is 45.1 Å². The lowest BCUT2D eigenvalue weighted by atomic mass is 10.0. The highest BCUT2D eigenvalue weighted by Crippen LogP contribution is 2.17. The first-order valence-corrected chi connectivity index (χ1v) is 9.76. The van der Waals surface area contributed by atoms with Gasteiger partial charge in [0.15, 0.2) is 5.96 Å². The first kappa shape index (κ1) is 23.2. The first-order valence-electron chi connectivity index (χ1n) is 9.76. The molecule has 6 nitrogen and oxygen atoms in total. The summed E-state index contributed by atoms with van der Waals surface area (Å²) in [4.78, 5) is 7.05. The van der Waals surface area contributed by atoms with E-state index in [4.69, 9.17) is 0 Å². The van der Waals surface area contributed by atoms with E-state index < -0.39 is 0 Å². The molecule has 150 valence electrons. The van der Waals surface area contributed by atoms with Gasteiger partial charge >= 0.3 is 0 Å². The minimum absolute atomic E-state index is 0. The van der Waals surface area contributed by atoms with Gasteiger partial charge in [0.1, 0.15) is 0 Å². The molecule has 0 bridgehead atoms. The molecule has 0 amide bonds. The van der Waals surface area contributed by atoms with Crippen LogP contribution in [-0.4, -0.2) is 59.9 Å². The Kier molecular flexibility index (Phi) is 11.2. The topological polar surface area (TPSA) is 57.5 Å². The highest BCUT2D eigenvalue weighted by atomic mass is 127. The van der Waals surface area contributed by atoms with Crippen molar-refractivity contribution in [2.45, 2.75) is 52.0 Å². The van der Waals surface area contributed by atoms with E-state index in [-0.39, 0.29) is 24.0 Å². The normalized spacial score (nSPS) is 17.5. The highest BCUT2D eigenvalue weighted by molar-refractivity contribution is 14.0. The fraction of sp³-hybridized carbons (Fsp3) is 0.789. The van der Waals surface area contributed by atoms with Crippen molar-refractivity contribution in [3.05, 3.63) is 18.0 Å². The van der Waals surface area contributed by atoms with Crippen molar-refractivity contribution in [1.82, 2.24) is 25.3 Å². The summed E-state index contributed by atoms with van der Waals surface area (Å²) in [6, 6.07) is 0.565. The molecule has 0 spiro atoms. The molecule has 0 saturated carbocycles. The van der Waals surface area contributed by atoms with Gasteiger partial charge in [0.2, 0.25) is 0 Å². The standard InChI is InChI=1S/C19H36N6.HI/c1-16(2)18(25-11-7-5-6-8-12-25)14-22-19(20-3)21-10-9-17-13-23-24(4)15-17;/h13,15-16,18H,5-12,14H2,1-4H3,(H2,20,21,22);1H. The van der Waals surface area contributed by atoms with E-state index in [9.17, 15) is 0 Å². The summed E-state index contributed by atoms with van der Waals surface area (Å²) in [5, 5.41) is 11.2. The first-order chi connectivity index (χ1) is 12.1. The summed E-state index contributed by atoms with van der Waals surface area (Å²) < 4.78 is 1.84. The van der Waals surface area contributed by atoms with Gasteiger partial charge in [-0.05, 0) is 43.8 Å². The van der Waals surface area contributed by atoms with Crippen LogP contribution in [-0.2, 0) is 13.5 Å². The van der Waals surface area contributed by atoms with Crippen LogP contribution < -0.4 is 10.6 Å². The second-order valence-electron chi connectivity index (χ2n) is 7.41. The fourth-order valence-corrected chi connectivity index (χ4v) is 3.56. The number of nitrogens with zero attached hydrogens (tertiary/aromatic N) is 4. The molecule has 26 heavy (non-hydrogen) atoms. The Hall–Kier alpha value is -0.830. The van der Waals surface area contributed by atoms with E-state index >= 15 is 0 Å². The van der Waals surface area contributed by atoms with Crippen LogP contribution in [0, 0.1) is 5.92 Å². The third-order valence-electron chi connectivity index (χ3n) is 5.05. The quantitative estimate of drug-likeness (QED) is 0.361. The summed E-state index contributed by atoms with van der Waals surface area (Å²) in [7, 11) is 3.79. The Morgan fingerprint density at radius 1 is 1.19 bits per heavy atom. The van der Waals surface area contributed by atoms with Gasteiger partial charge in [-0.15, -0.1) is 24.0 Å². The molecule has 7 heteroatoms. The van der Waals surface area contributed by atoms with Crippen molar-refractivity contribution >= 4 is 29.9 Å². The summed E-state index contributed by atoms with van der Waals surface area (Å²) in [6.45, 7) is 8.94. The third-order valence-corrected chi connectivity index (χ3v) is 5.05. The molecule has 0 aromatic carbocycles. The minimum atomic E-state index is 0. The maximum atomic E-state index is 4.37. The Morgan fingerprint density at radius 2 is 1.88 bits per heavy atom. The second-order valence-corrected chi connectivity index (χ2v) is 7.41. The van der Waals surface area contributed by atoms with Crippen molar-refractivity contribution in [3.63, 3.8) is 0 Å². The monoisotopic (exact) mass is 476 g/mol. The molecule has 1 fully saturated rings. The zero-order valence-electron chi connectivity index (χ0n) is 16.9. The van der Waals surface area contributed by atoms with E-state index in [0.717, 1.165) is 25.5 Å². The van der Waals surface area contributed by atoms with Gasteiger partial charge in [-0.2, -0.15) is 5.10 Å². The third kappa shape index (κ3) is 7.82. The van der Waals surface area contributed by atoms with Gasteiger partial charge < -0.3 is 10.6 Å². The number of aryl methyl sites for hydroxylation is 1. The number of halogens is 1. The molecule has 1 aromatic rings. The van der Waals surface area contributed by atoms with Crippen molar-refractivity contribution < 1.29 is 0 Å². The average Bonchev–Trinajstić information content (AvgIpc) is 2.84. The second kappa shape index (κ2) is 12.5. The smallest absolute Gasteiger partial charge is 0.191 e. The SMILES string of the molecule is CN=C(NCCc1cnn(C)c1)NCC(C(C)C)N1CCCCCC1.I. The van der Waals surface area contributed by atoms with E-state index in [1.165, 1.54) is 44.3 Å². The van der Waals surface area contributed by atoms with E-state index in [1.807, 2.05) is 25.0 Å². The molecule has 2 heterocycles. The van der Waals surface area contributed by atoms with E-state index in [0.29, 0.717) is 12.0 Å². The Bertz CT molecular complexity index is 520. The predicted molar refractivity (Wildman–Crippen MR) is 120 cm³/mol. The Balaban J connectivity index is 0.00000338. The van der Waals surface area contributed by atoms with Crippen molar-refractivity contribution in [2.75, 3.05) is 33.2 Å². The van der Waals surface area contributed by atoms with Gasteiger partial charge in [0.05, 0.1) is 6.20 Å². The molecule has 1 unspecified atom stereocenters. The summed E-state index contributed by atoms with van der Waals surface area (Å²) in [6.07, 6.45) is 10.4. The summed E-state index contributed by atoms with van der Waals surface area (Å²) >= 11 is 0. The van der Waals surface area contributed by atoms with Gasteiger partial charge in [-0.3, -0.25) is 14.6 Å². The van der Waals surface area contributed by atoms with Crippen molar-refractivity contribution in [1.29, 1.82) is 0 Å². The lowest BCUT2D eigenvalue weighted by Crippen LogP contribution is -2.50. The molecular weight excluding hydrogens is 439 g/mol. The molecule has 1 aliphatic heterocycles. The van der Waals surface area contributed by atoms with Gasteiger partial charge in [0, 0.05) is 39.4 Å². The van der Waals surface area contributed by atoms with Crippen LogP contribution in [0.25, 0.3) is 0 Å².